The molecule has 0 atom stereocenters. The number of anilines is 1. The first-order valence-electron chi connectivity index (χ1n) is 11.1. The molecule has 1 aromatic heterocycles. The smallest absolute Gasteiger partial charge is 0.268 e. The number of nitrogens with one attached hydrogen (secondary N) is 1. The number of hydrogen-bond donors (Lipinski definition) is 1. The fraction of sp³-hybridized carbons (Fsp3) is 0.107. The molecule has 0 saturated heterocycles. The number of ether oxygens (including phenoxy) is 2. The molecule has 0 radical (unpaired) electrons. The quantitative estimate of drug-likeness (QED) is 0.176. The van der Waals surface area contributed by atoms with E-state index in [1.807, 2.05) is 42.5 Å². The van der Waals surface area contributed by atoms with Gasteiger partial charge in [0.1, 0.15) is 18.2 Å². The van der Waals surface area contributed by atoms with Crippen molar-refractivity contribution in [3.8, 4) is 17.6 Å². The standard InChI is InChI=1S/C28H21Cl2N3O3S/c1-35-26-14-19(8-10-25(26)36-17-18-5-3-2-4-6-18)11-21(15-31)27(34)33-28-32-16-22(37-28)12-20-7-9-23(29)24(30)13-20/h2-11,13-14,16H,12,17H2,1H3,(H,32,33,34). The molecule has 0 fully saturated rings. The second-order valence-electron chi connectivity index (χ2n) is 7.87. The van der Waals surface area contributed by atoms with Crippen LogP contribution in [0.4, 0.5) is 5.13 Å². The van der Waals surface area contributed by atoms with Crippen LogP contribution in [0, 0.1) is 11.3 Å². The molecule has 1 heterocycles. The Morgan fingerprint density at radius 3 is 2.59 bits per heavy atom. The van der Waals surface area contributed by atoms with E-state index in [2.05, 4.69) is 10.3 Å². The minimum absolute atomic E-state index is 0.0683. The third-order valence-electron chi connectivity index (χ3n) is 5.24. The fourth-order valence-corrected chi connectivity index (χ4v) is 4.57. The minimum Gasteiger partial charge on any atom is -0.493 e. The summed E-state index contributed by atoms with van der Waals surface area (Å²) in [6.45, 7) is 0.388. The molecule has 186 valence electrons. The van der Waals surface area contributed by atoms with E-state index < -0.39 is 5.91 Å². The molecule has 0 aliphatic carbocycles. The lowest BCUT2D eigenvalue weighted by Gasteiger charge is -2.11. The number of amides is 1. The average molecular weight is 550 g/mol. The number of benzene rings is 3. The van der Waals surface area contributed by atoms with Crippen LogP contribution in [0.1, 0.15) is 21.6 Å². The molecule has 4 aromatic rings. The summed E-state index contributed by atoms with van der Waals surface area (Å²) in [6.07, 6.45) is 3.75. The van der Waals surface area contributed by atoms with Gasteiger partial charge in [-0.1, -0.05) is 65.7 Å². The predicted octanol–water partition coefficient (Wildman–Crippen LogP) is 7.17. The highest BCUT2D eigenvalue weighted by Crippen LogP contribution is 2.30. The highest BCUT2D eigenvalue weighted by atomic mass is 35.5. The first kappa shape index (κ1) is 26.2. The Bertz CT molecular complexity index is 1480. The summed E-state index contributed by atoms with van der Waals surface area (Å²) < 4.78 is 11.3. The van der Waals surface area contributed by atoms with Gasteiger partial charge in [-0.3, -0.25) is 10.1 Å². The number of aromatic nitrogens is 1. The first-order chi connectivity index (χ1) is 17.9. The SMILES string of the molecule is COc1cc(C=C(C#N)C(=O)Nc2ncc(Cc3ccc(Cl)c(Cl)c3)s2)ccc1OCc1ccccc1. The van der Waals surface area contributed by atoms with Gasteiger partial charge in [0.15, 0.2) is 16.6 Å². The predicted molar refractivity (Wildman–Crippen MR) is 147 cm³/mol. The van der Waals surface area contributed by atoms with Gasteiger partial charge in [0, 0.05) is 17.5 Å². The maximum Gasteiger partial charge on any atom is 0.268 e. The molecule has 0 aliphatic rings. The van der Waals surface area contributed by atoms with Gasteiger partial charge in [-0.15, -0.1) is 11.3 Å². The van der Waals surface area contributed by atoms with Crippen LogP contribution in [0.3, 0.4) is 0 Å². The number of carbonyl (C=O) groups is 1. The summed E-state index contributed by atoms with van der Waals surface area (Å²) in [5.41, 5.74) is 2.55. The number of hydrogen-bond acceptors (Lipinski definition) is 6. The van der Waals surface area contributed by atoms with Crippen LogP contribution in [-0.4, -0.2) is 18.0 Å². The number of methoxy groups -OCH3 is 1. The summed E-state index contributed by atoms with van der Waals surface area (Å²) in [6, 6.07) is 22.4. The van der Waals surface area contributed by atoms with Crippen LogP contribution in [-0.2, 0) is 17.8 Å². The first-order valence-corrected chi connectivity index (χ1v) is 12.7. The van der Waals surface area contributed by atoms with Crippen LogP contribution in [0.15, 0.2) is 78.5 Å². The zero-order valence-corrected chi connectivity index (χ0v) is 22.0. The number of carbonyl (C=O) groups excluding carboxylic acids is 1. The Labute approximate surface area is 228 Å². The van der Waals surface area contributed by atoms with E-state index in [9.17, 15) is 10.1 Å². The summed E-state index contributed by atoms with van der Waals surface area (Å²) >= 11 is 13.4. The normalized spacial score (nSPS) is 11.0. The second-order valence-corrected chi connectivity index (χ2v) is 9.80. The third kappa shape index (κ3) is 7.11. The van der Waals surface area contributed by atoms with Gasteiger partial charge in [-0.2, -0.15) is 5.26 Å². The van der Waals surface area contributed by atoms with Crippen molar-refractivity contribution in [1.29, 1.82) is 5.26 Å². The molecule has 0 unspecified atom stereocenters. The van der Waals surface area contributed by atoms with Gasteiger partial charge in [0.25, 0.3) is 5.91 Å². The Kier molecular flexibility index (Phi) is 8.81. The van der Waals surface area contributed by atoms with Crippen molar-refractivity contribution in [1.82, 2.24) is 4.98 Å². The van der Waals surface area contributed by atoms with Crippen LogP contribution >= 0.6 is 34.5 Å². The zero-order valence-electron chi connectivity index (χ0n) is 19.7. The Morgan fingerprint density at radius 2 is 1.86 bits per heavy atom. The van der Waals surface area contributed by atoms with Gasteiger partial charge in [0.05, 0.1) is 17.2 Å². The molecule has 0 saturated carbocycles. The zero-order chi connectivity index (χ0) is 26.2. The topological polar surface area (TPSA) is 84.2 Å². The number of rotatable bonds is 9. The lowest BCUT2D eigenvalue weighted by Crippen LogP contribution is -2.13. The largest absolute Gasteiger partial charge is 0.493 e. The van der Waals surface area contributed by atoms with Crippen molar-refractivity contribution >= 4 is 51.7 Å². The minimum atomic E-state index is -0.554. The van der Waals surface area contributed by atoms with Crippen LogP contribution in [0.2, 0.25) is 10.0 Å². The lowest BCUT2D eigenvalue weighted by atomic mass is 10.1. The number of nitriles is 1. The van der Waals surface area contributed by atoms with E-state index in [1.54, 1.807) is 36.5 Å². The molecule has 3 aromatic carbocycles. The highest BCUT2D eigenvalue weighted by molar-refractivity contribution is 7.15. The van der Waals surface area contributed by atoms with Crippen LogP contribution in [0.5, 0.6) is 11.5 Å². The molecule has 0 spiro atoms. The maximum absolute atomic E-state index is 12.8. The molecular formula is C28H21Cl2N3O3S. The molecule has 4 rings (SSSR count). The van der Waals surface area contributed by atoms with Gasteiger partial charge >= 0.3 is 0 Å². The average Bonchev–Trinajstić information content (AvgIpc) is 3.35. The van der Waals surface area contributed by atoms with Crippen LogP contribution < -0.4 is 14.8 Å². The molecule has 9 heteroatoms. The summed E-state index contributed by atoms with van der Waals surface area (Å²) in [5.74, 6) is 0.499. The molecular weight excluding hydrogens is 529 g/mol. The van der Waals surface area contributed by atoms with Crippen molar-refractivity contribution in [2.75, 3.05) is 12.4 Å². The highest BCUT2D eigenvalue weighted by Gasteiger charge is 2.14. The van der Waals surface area contributed by atoms with Crippen LogP contribution in [0.25, 0.3) is 6.08 Å². The van der Waals surface area contributed by atoms with Crippen molar-refractivity contribution in [2.45, 2.75) is 13.0 Å². The molecule has 37 heavy (non-hydrogen) atoms. The Balaban J connectivity index is 1.42. The van der Waals surface area contributed by atoms with Crippen molar-refractivity contribution in [3.05, 3.63) is 110 Å². The van der Waals surface area contributed by atoms with Gasteiger partial charge in [-0.25, -0.2) is 4.98 Å². The second kappa shape index (κ2) is 12.4. The fourth-order valence-electron chi connectivity index (χ4n) is 3.41. The summed E-state index contributed by atoms with van der Waals surface area (Å²) in [5, 5.41) is 13.7. The van der Waals surface area contributed by atoms with Gasteiger partial charge < -0.3 is 9.47 Å². The monoisotopic (exact) mass is 549 g/mol. The molecule has 0 bridgehead atoms. The third-order valence-corrected chi connectivity index (χ3v) is 6.89. The molecule has 0 aliphatic heterocycles. The van der Waals surface area contributed by atoms with Gasteiger partial charge in [0.2, 0.25) is 0 Å². The van der Waals surface area contributed by atoms with E-state index in [0.717, 1.165) is 16.0 Å². The van der Waals surface area contributed by atoms with Crippen molar-refractivity contribution in [2.24, 2.45) is 0 Å². The number of halogens is 2. The van der Waals surface area contributed by atoms with E-state index >= 15 is 0 Å². The molecule has 6 nitrogen and oxygen atoms in total. The maximum atomic E-state index is 12.8. The number of nitrogens with zero attached hydrogens (tertiary/aromatic N) is 2. The summed E-state index contributed by atoms with van der Waals surface area (Å²) in [4.78, 5) is 17.9. The number of thiazole rings is 1. The van der Waals surface area contributed by atoms with E-state index in [0.29, 0.717) is 45.3 Å². The molecule has 1 amide bonds. The van der Waals surface area contributed by atoms with Crippen molar-refractivity contribution < 1.29 is 14.3 Å². The van der Waals surface area contributed by atoms with E-state index in [1.165, 1.54) is 24.5 Å². The van der Waals surface area contributed by atoms with Crippen molar-refractivity contribution in [3.63, 3.8) is 0 Å². The summed E-state index contributed by atoms with van der Waals surface area (Å²) in [7, 11) is 1.54. The molecule has 1 N–H and O–H groups in total. The Hall–Kier alpha value is -3.83. The van der Waals surface area contributed by atoms with Gasteiger partial charge in [-0.05, 0) is 47.0 Å². The van der Waals surface area contributed by atoms with E-state index in [-0.39, 0.29) is 5.57 Å². The lowest BCUT2D eigenvalue weighted by molar-refractivity contribution is -0.112. The Morgan fingerprint density at radius 1 is 1.05 bits per heavy atom. The van der Waals surface area contributed by atoms with E-state index in [4.69, 9.17) is 32.7 Å².